The summed E-state index contributed by atoms with van der Waals surface area (Å²) in [6.45, 7) is 7.82. The zero-order valence-electron chi connectivity index (χ0n) is 12.5. The lowest BCUT2D eigenvalue weighted by atomic mass is 9.76. The van der Waals surface area contributed by atoms with Crippen LogP contribution in [0.25, 0.3) is 0 Å². The SMILES string of the molecule is CNC(=O)c1cnc(N)cc1B1OC(C)(C)C(C)(C)O1. The van der Waals surface area contributed by atoms with Crippen LogP contribution in [-0.4, -0.2) is 36.3 Å². The van der Waals surface area contributed by atoms with Gasteiger partial charge in [-0.3, -0.25) is 4.79 Å². The monoisotopic (exact) mass is 277 g/mol. The molecule has 0 aromatic carbocycles. The fourth-order valence-electron chi connectivity index (χ4n) is 1.98. The van der Waals surface area contributed by atoms with Crippen molar-refractivity contribution in [3.8, 4) is 0 Å². The summed E-state index contributed by atoms with van der Waals surface area (Å²) in [7, 11) is 0.921. The highest BCUT2D eigenvalue weighted by molar-refractivity contribution is 6.63. The van der Waals surface area contributed by atoms with Crippen molar-refractivity contribution in [2.45, 2.75) is 38.9 Å². The Labute approximate surface area is 119 Å². The Morgan fingerprint density at radius 1 is 1.30 bits per heavy atom. The zero-order chi connectivity index (χ0) is 15.1. The molecule has 0 radical (unpaired) electrons. The molecule has 0 spiro atoms. The van der Waals surface area contributed by atoms with Crippen LogP contribution < -0.4 is 16.5 Å². The van der Waals surface area contributed by atoms with Crippen LogP contribution in [0.3, 0.4) is 0 Å². The summed E-state index contributed by atoms with van der Waals surface area (Å²) in [6, 6.07) is 1.62. The van der Waals surface area contributed by atoms with Crippen molar-refractivity contribution in [2.75, 3.05) is 12.8 Å². The molecule has 0 bridgehead atoms. The van der Waals surface area contributed by atoms with Gasteiger partial charge in [-0.15, -0.1) is 0 Å². The number of hydrogen-bond donors (Lipinski definition) is 2. The first-order valence-corrected chi connectivity index (χ1v) is 6.51. The van der Waals surface area contributed by atoms with Crippen molar-refractivity contribution >= 4 is 24.3 Å². The van der Waals surface area contributed by atoms with E-state index in [9.17, 15) is 4.79 Å². The molecule has 0 aliphatic carbocycles. The van der Waals surface area contributed by atoms with E-state index in [0.717, 1.165) is 0 Å². The first-order chi connectivity index (χ1) is 9.18. The van der Waals surface area contributed by atoms with Gasteiger partial charge in [0.25, 0.3) is 5.91 Å². The first-order valence-electron chi connectivity index (χ1n) is 6.51. The fourth-order valence-corrected chi connectivity index (χ4v) is 1.98. The average Bonchev–Trinajstić information content (AvgIpc) is 2.57. The summed E-state index contributed by atoms with van der Waals surface area (Å²) in [5, 5.41) is 2.58. The molecule has 2 rings (SSSR count). The van der Waals surface area contributed by atoms with E-state index in [4.69, 9.17) is 15.0 Å². The van der Waals surface area contributed by atoms with E-state index in [1.54, 1.807) is 13.1 Å². The molecule has 7 heteroatoms. The fraction of sp³-hybridized carbons (Fsp3) is 0.538. The second-order valence-electron chi connectivity index (χ2n) is 5.86. The lowest BCUT2D eigenvalue weighted by molar-refractivity contribution is 0.00578. The van der Waals surface area contributed by atoms with E-state index in [2.05, 4.69) is 10.3 Å². The van der Waals surface area contributed by atoms with Crippen LogP contribution in [0.2, 0.25) is 0 Å². The van der Waals surface area contributed by atoms with Gasteiger partial charge in [-0.25, -0.2) is 4.98 Å². The zero-order valence-corrected chi connectivity index (χ0v) is 12.5. The summed E-state index contributed by atoms with van der Waals surface area (Å²) in [5.41, 5.74) is 5.76. The van der Waals surface area contributed by atoms with Crippen molar-refractivity contribution in [1.29, 1.82) is 0 Å². The van der Waals surface area contributed by atoms with E-state index in [1.807, 2.05) is 27.7 Å². The van der Waals surface area contributed by atoms with Crippen LogP contribution in [0.4, 0.5) is 5.82 Å². The molecule has 0 atom stereocenters. The topological polar surface area (TPSA) is 86.5 Å². The van der Waals surface area contributed by atoms with Crippen LogP contribution in [0.15, 0.2) is 12.3 Å². The maximum Gasteiger partial charge on any atom is 0.495 e. The Kier molecular flexibility index (Phi) is 3.52. The van der Waals surface area contributed by atoms with Gasteiger partial charge in [0, 0.05) is 18.7 Å². The average molecular weight is 277 g/mol. The normalized spacial score (nSPS) is 19.9. The molecule has 2 heterocycles. The van der Waals surface area contributed by atoms with Gasteiger partial charge in [0.15, 0.2) is 0 Å². The summed E-state index contributed by atoms with van der Waals surface area (Å²) >= 11 is 0. The number of nitrogen functional groups attached to an aromatic ring is 1. The van der Waals surface area contributed by atoms with Crippen molar-refractivity contribution in [2.24, 2.45) is 0 Å². The number of anilines is 1. The summed E-state index contributed by atoms with van der Waals surface area (Å²) in [4.78, 5) is 15.9. The second kappa shape index (κ2) is 4.75. The molecule has 3 N–H and O–H groups in total. The lowest BCUT2D eigenvalue weighted by Gasteiger charge is -2.32. The quantitative estimate of drug-likeness (QED) is 0.760. The van der Waals surface area contributed by atoms with Crippen LogP contribution in [0.1, 0.15) is 38.1 Å². The predicted molar refractivity (Wildman–Crippen MR) is 77.8 cm³/mol. The summed E-state index contributed by atoms with van der Waals surface area (Å²) in [5.74, 6) is 0.0737. The highest BCUT2D eigenvalue weighted by atomic mass is 16.7. The van der Waals surface area contributed by atoms with Gasteiger partial charge >= 0.3 is 7.12 Å². The predicted octanol–water partition coefficient (Wildman–Crippen LogP) is 0.323. The molecule has 0 saturated carbocycles. The number of nitrogens with zero attached hydrogens (tertiary/aromatic N) is 1. The van der Waals surface area contributed by atoms with Gasteiger partial charge in [-0.05, 0) is 33.8 Å². The molecule has 1 aromatic heterocycles. The highest BCUT2D eigenvalue weighted by Gasteiger charge is 2.52. The van der Waals surface area contributed by atoms with Gasteiger partial charge in [-0.2, -0.15) is 0 Å². The number of rotatable bonds is 2. The third-order valence-electron chi connectivity index (χ3n) is 3.94. The molecule has 0 unspecified atom stereocenters. The van der Waals surface area contributed by atoms with Gasteiger partial charge in [-0.1, -0.05) is 0 Å². The molecular formula is C13H20BN3O3. The second-order valence-corrected chi connectivity index (χ2v) is 5.86. The van der Waals surface area contributed by atoms with Crippen LogP contribution in [-0.2, 0) is 9.31 Å². The maximum absolute atomic E-state index is 11.9. The minimum Gasteiger partial charge on any atom is -0.399 e. The number of aromatic nitrogens is 1. The van der Waals surface area contributed by atoms with Gasteiger partial charge in [0.2, 0.25) is 0 Å². The van der Waals surface area contributed by atoms with E-state index < -0.39 is 18.3 Å². The van der Waals surface area contributed by atoms with Gasteiger partial charge in [0.05, 0.1) is 16.8 Å². The number of nitrogens with one attached hydrogen (secondary N) is 1. The van der Waals surface area contributed by atoms with Gasteiger partial charge < -0.3 is 20.4 Å². The number of pyridine rings is 1. The van der Waals surface area contributed by atoms with Crippen LogP contribution in [0, 0.1) is 0 Å². The van der Waals surface area contributed by atoms with E-state index in [0.29, 0.717) is 16.8 Å². The van der Waals surface area contributed by atoms with E-state index in [-0.39, 0.29) is 5.91 Å². The van der Waals surface area contributed by atoms with Crippen molar-refractivity contribution in [3.63, 3.8) is 0 Å². The van der Waals surface area contributed by atoms with Crippen molar-refractivity contribution in [3.05, 3.63) is 17.8 Å². The molecule has 20 heavy (non-hydrogen) atoms. The van der Waals surface area contributed by atoms with Crippen molar-refractivity contribution < 1.29 is 14.1 Å². The van der Waals surface area contributed by atoms with Crippen LogP contribution >= 0.6 is 0 Å². The molecule has 6 nitrogen and oxygen atoms in total. The Bertz CT molecular complexity index is 530. The number of carbonyl (C=O) groups excluding carboxylic acids is 1. The standard InChI is InChI=1S/C13H20BN3O3/c1-12(2)13(3,4)20-14(19-12)9-6-10(15)17-7-8(9)11(18)16-5/h6-7H,1-5H3,(H2,15,17)(H,16,18). The maximum atomic E-state index is 11.9. The molecule has 1 aromatic rings. The lowest BCUT2D eigenvalue weighted by Crippen LogP contribution is -2.41. The summed E-state index contributed by atoms with van der Waals surface area (Å²) < 4.78 is 11.9. The molecule has 1 aliphatic heterocycles. The number of carbonyl (C=O) groups is 1. The highest BCUT2D eigenvalue weighted by Crippen LogP contribution is 2.36. The largest absolute Gasteiger partial charge is 0.495 e. The Morgan fingerprint density at radius 2 is 1.85 bits per heavy atom. The third-order valence-corrected chi connectivity index (χ3v) is 3.94. The third kappa shape index (κ3) is 2.38. The Morgan fingerprint density at radius 3 is 2.35 bits per heavy atom. The minimum atomic E-state index is -0.641. The molecule has 1 saturated heterocycles. The number of hydrogen-bond acceptors (Lipinski definition) is 5. The number of amides is 1. The first kappa shape index (κ1) is 14.8. The Balaban J connectivity index is 2.44. The Hall–Kier alpha value is -1.60. The molecule has 108 valence electrons. The van der Waals surface area contributed by atoms with Crippen LogP contribution in [0.5, 0.6) is 0 Å². The molecule has 1 fully saturated rings. The van der Waals surface area contributed by atoms with Gasteiger partial charge in [0.1, 0.15) is 5.82 Å². The molecular weight excluding hydrogens is 257 g/mol. The van der Waals surface area contributed by atoms with E-state index >= 15 is 0 Å². The smallest absolute Gasteiger partial charge is 0.399 e. The van der Waals surface area contributed by atoms with E-state index in [1.165, 1.54) is 6.20 Å². The minimum absolute atomic E-state index is 0.248. The number of nitrogens with two attached hydrogens (primary N) is 1. The molecule has 1 aliphatic rings. The summed E-state index contributed by atoms with van der Waals surface area (Å²) in [6.07, 6.45) is 1.44. The van der Waals surface area contributed by atoms with Crippen molar-refractivity contribution in [1.82, 2.24) is 10.3 Å². The molecule has 1 amide bonds.